The fraction of sp³-hybridized carbons (Fsp3) is 0.143. The van der Waals surface area contributed by atoms with Crippen molar-refractivity contribution in [3.63, 3.8) is 0 Å². The lowest BCUT2D eigenvalue weighted by atomic mass is 10.3. The highest BCUT2D eigenvalue weighted by Gasteiger charge is 2.05. The molecule has 0 unspecified atom stereocenters. The Morgan fingerprint density at radius 3 is 2.31 bits per heavy atom. The molecule has 0 aliphatic heterocycles. The molecule has 0 amide bonds. The SMILES string of the molecule is O=S(=O)(Cl)COc1ccc(Br)cc1. The first-order chi connectivity index (χ1) is 5.97. The molecule has 0 N–H and O–H groups in total. The molecule has 0 spiro atoms. The molecule has 1 aromatic carbocycles. The van der Waals surface area contributed by atoms with Gasteiger partial charge < -0.3 is 4.74 Å². The van der Waals surface area contributed by atoms with Crippen molar-refractivity contribution >= 4 is 35.7 Å². The third-order valence-corrected chi connectivity index (χ3v) is 2.38. The maximum Gasteiger partial charge on any atom is 0.267 e. The van der Waals surface area contributed by atoms with Gasteiger partial charge in [0.25, 0.3) is 9.05 Å². The van der Waals surface area contributed by atoms with E-state index in [-0.39, 0.29) is 0 Å². The van der Waals surface area contributed by atoms with Gasteiger partial charge in [-0.25, -0.2) is 8.42 Å². The van der Waals surface area contributed by atoms with E-state index in [2.05, 4.69) is 15.9 Å². The molecule has 0 atom stereocenters. The van der Waals surface area contributed by atoms with Gasteiger partial charge in [-0.05, 0) is 24.3 Å². The summed E-state index contributed by atoms with van der Waals surface area (Å²) in [6, 6.07) is 6.78. The summed E-state index contributed by atoms with van der Waals surface area (Å²) in [7, 11) is 1.36. The second-order valence-corrected chi connectivity index (χ2v) is 5.89. The number of rotatable bonds is 3. The first-order valence-corrected chi connectivity index (χ1v) is 6.55. The van der Waals surface area contributed by atoms with E-state index in [1.165, 1.54) is 0 Å². The minimum atomic E-state index is -3.59. The molecule has 0 aliphatic carbocycles. The molecule has 1 aromatic rings. The predicted octanol–water partition coefficient (Wildman–Crippen LogP) is 2.35. The topological polar surface area (TPSA) is 43.4 Å². The number of ether oxygens (including phenoxy) is 1. The highest BCUT2D eigenvalue weighted by molar-refractivity contribution is 9.10. The van der Waals surface area contributed by atoms with Crippen molar-refractivity contribution in [3.05, 3.63) is 28.7 Å². The van der Waals surface area contributed by atoms with Crippen LogP contribution < -0.4 is 4.74 Å². The number of hydrogen-bond donors (Lipinski definition) is 0. The average Bonchev–Trinajstić information content (AvgIpc) is 2.02. The summed E-state index contributed by atoms with van der Waals surface area (Å²) in [6.45, 7) is 0. The summed E-state index contributed by atoms with van der Waals surface area (Å²) in [5.41, 5.74) is 0. The van der Waals surface area contributed by atoms with Crippen molar-refractivity contribution < 1.29 is 13.2 Å². The van der Waals surface area contributed by atoms with Crippen LogP contribution in [0.25, 0.3) is 0 Å². The van der Waals surface area contributed by atoms with Crippen LogP contribution in [0.2, 0.25) is 0 Å². The molecule has 0 bridgehead atoms. The Morgan fingerprint density at radius 2 is 1.85 bits per heavy atom. The molecule has 0 aliphatic rings. The second-order valence-electron chi connectivity index (χ2n) is 2.25. The van der Waals surface area contributed by atoms with Crippen molar-refractivity contribution in [2.75, 3.05) is 5.94 Å². The molecular weight excluding hydrogens is 279 g/mol. The van der Waals surface area contributed by atoms with Gasteiger partial charge in [0.05, 0.1) is 0 Å². The standard InChI is InChI=1S/C7H6BrClO3S/c8-6-1-3-7(4-2-6)12-5-13(9,10)11/h1-4H,5H2. The molecule has 0 saturated carbocycles. The molecule has 0 saturated heterocycles. The van der Waals surface area contributed by atoms with E-state index in [0.29, 0.717) is 5.75 Å². The lowest BCUT2D eigenvalue weighted by Gasteiger charge is -2.02. The maximum absolute atomic E-state index is 10.5. The molecule has 0 fully saturated rings. The molecule has 0 aromatic heterocycles. The zero-order valence-corrected chi connectivity index (χ0v) is 9.56. The second kappa shape index (κ2) is 4.30. The van der Waals surface area contributed by atoms with Crippen LogP contribution in [-0.2, 0) is 9.05 Å². The van der Waals surface area contributed by atoms with Crippen molar-refractivity contribution in [2.24, 2.45) is 0 Å². The van der Waals surface area contributed by atoms with E-state index < -0.39 is 15.0 Å². The van der Waals surface area contributed by atoms with E-state index in [1.807, 2.05) is 0 Å². The third-order valence-electron chi connectivity index (χ3n) is 1.18. The average molecular weight is 286 g/mol. The minimum absolute atomic E-state index is 0.465. The predicted molar refractivity (Wildman–Crippen MR) is 54.4 cm³/mol. The molecule has 6 heteroatoms. The van der Waals surface area contributed by atoms with Gasteiger partial charge in [0.15, 0.2) is 0 Å². The summed E-state index contributed by atoms with van der Waals surface area (Å²) in [5.74, 6) is -0.0525. The van der Waals surface area contributed by atoms with Gasteiger partial charge in [0, 0.05) is 15.2 Å². The van der Waals surface area contributed by atoms with Gasteiger partial charge in [0.1, 0.15) is 5.75 Å². The molecule has 72 valence electrons. The van der Waals surface area contributed by atoms with Crippen LogP contribution in [0.4, 0.5) is 0 Å². The summed E-state index contributed by atoms with van der Waals surface area (Å²) in [4.78, 5) is 0. The summed E-state index contributed by atoms with van der Waals surface area (Å²) in [6.07, 6.45) is 0. The molecule has 3 nitrogen and oxygen atoms in total. The van der Waals surface area contributed by atoms with Crippen molar-refractivity contribution in [1.29, 1.82) is 0 Å². The zero-order valence-electron chi connectivity index (χ0n) is 6.41. The van der Waals surface area contributed by atoms with Crippen molar-refractivity contribution in [3.8, 4) is 5.75 Å². The fourth-order valence-electron chi connectivity index (χ4n) is 0.669. The summed E-state index contributed by atoms with van der Waals surface area (Å²) >= 11 is 3.24. The van der Waals surface area contributed by atoms with E-state index in [1.54, 1.807) is 24.3 Å². The molecule has 1 rings (SSSR count). The monoisotopic (exact) mass is 284 g/mol. The Hall–Kier alpha value is -0.260. The summed E-state index contributed by atoms with van der Waals surface area (Å²) in [5, 5.41) is 0. The molecule has 0 radical (unpaired) electrons. The van der Waals surface area contributed by atoms with Gasteiger partial charge in [-0.3, -0.25) is 0 Å². The maximum atomic E-state index is 10.5. The lowest BCUT2D eigenvalue weighted by molar-refractivity contribution is 0.380. The van der Waals surface area contributed by atoms with Gasteiger partial charge in [-0.1, -0.05) is 15.9 Å². The van der Waals surface area contributed by atoms with Gasteiger partial charge >= 0.3 is 0 Å². The van der Waals surface area contributed by atoms with E-state index in [0.717, 1.165) is 4.47 Å². The first-order valence-electron chi connectivity index (χ1n) is 3.28. The zero-order chi connectivity index (χ0) is 9.90. The highest BCUT2D eigenvalue weighted by Crippen LogP contribution is 2.16. The van der Waals surface area contributed by atoms with Gasteiger partial charge in [-0.15, -0.1) is 0 Å². The van der Waals surface area contributed by atoms with E-state index >= 15 is 0 Å². The molecule has 13 heavy (non-hydrogen) atoms. The summed E-state index contributed by atoms with van der Waals surface area (Å²) < 4.78 is 26.8. The largest absolute Gasteiger partial charge is 0.476 e. The van der Waals surface area contributed by atoms with Crippen LogP contribution in [0.15, 0.2) is 28.7 Å². The van der Waals surface area contributed by atoms with Crippen molar-refractivity contribution in [2.45, 2.75) is 0 Å². The Labute approximate surface area is 89.2 Å². The number of halogens is 2. The van der Waals surface area contributed by atoms with Crippen LogP contribution in [0.5, 0.6) is 5.75 Å². The van der Waals surface area contributed by atoms with E-state index in [4.69, 9.17) is 15.4 Å². The number of benzene rings is 1. The fourth-order valence-corrected chi connectivity index (χ4v) is 1.34. The first kappa shape index (κ1) is 10.8. The van der Waals surface area contributed by atoms with Crippen LogP contribution >= 0.6 is 26.6 Å². The Bertz CT molecular complexity index is 373. The van der Waals surface area contributed by atoms with Crippen LogP contribution in [0.1, 0.15) is 0 Å². The normalized spacial score (nSPS) is 11.2. The van der Waals surface area contributed by atoms with Crippen LogP contribution in [-0.4, -0.2) is 14.4 Å². The van der Waals surface area contributed by atoms with Gasteiger partial charge in [-0.2, -0.15) is 0 Å². The molecule has 0 heterocycles. The Kier molecular flexibility index (Phi) is 3.58. The van der Waals surface area contributed by atoms with Crippen LogP contribution in [0, 0.1) is 0 Å². The van der Waals surface area contributed by atoms with Crippen molar-refractivity contribution in [1.82, 2.24) is 0 Å². The molecular formula is C7H6BrClO3S. The van der Waals surface area contributed by atoms with E-state index in [9.17, 15) is 8.42 Å². The smallest absolute Gasteiger partial charge is 0.267 e. The van der Waals surface area contributed by atoms with Crippen LogP contribution in [0.3, 0.4) is 0 Å². The Morgan fingerprint density at radius 1 is 1.31 bits per heavy atom. The quantitative estimate of drug-likeness (QED) is 0.801. The highest BCUT2D eigenvalue weighted by atomic mass is 79.9. The third kappa shape index (κ3) is 4.50. The Balaban J connectivity index is 2.61. The minimum Gasteiger partial charge on any atom is -0.476 e. The van der Waals surface area contributed by atoms with Gasteiger partial charge in [0.2, 0.25) is 5.94 Å². The lowest BCUT2D eigenvalue weighted by Crippen LogP contribution is -2.04. The number of hydrogen-bond acceptors (Lipinski definition) is 3.